The van der Waals surface area contributed by atoms with Gasteiger partial charge < -0.3 is 10.0 Å². The molecule has 2 rings (SSSR count). The van der Waals surface area contributed by atoms with Gasteiger partial charge in [-0.2, -0.15) is 0 Å². The summed E-state index contributed by atoms with van der Waals surface area (Å²) in [4.78, 5) is 15.4. The predicted molar refractivity (Wildman–Crippen MR) is 96.9 cm³/mol. The van der Waals surface area contributed by atoms with Crippen molar-refractivity contribution in [3.05, 3.63) is 29.8 Å². The Balaban J connectivity index is 1.86. The van der Waals surface area contributed by atoms with Crippen molar-refractivity contribution in [1.82, 2.24) is 4.90 Å². The number of amides is 1. The number of carbonyl (C=O) groups is 1. The van der Waals surface area contributed by atoms with Gasteiger partial charge in [0.2, 0.25) is 5.91 Å². The number of hydrogen-bond acceptors (Lipinski definition) is 3. The van der Waals surface area contributed by atoms with Crippen LogP contribution in [0.2, 0.25) is 0 Å². The van der Waals surface area contributed by atoms with E-state index in [-0.39, 0.29) is 23.3 Å². The molecule has 1 aromatic carbocycles. The van der Waals surface area contributed by atoms with Gasteiger partial charge in [-0.3, -0.25) is 4.79 Å². The molecule has 128 valence electrons. The number of piperidine rings is 1. The third kappa shape index (κ3) is 5.25. The molecule has 4 heteroatoms. The molecule has 1 heterocycles. The van der Waals surface area contributed by atoms with Crippen molar-refractivity contribution in [3.63, 3.8) is 0 Å². The van der Waals surface area contributed by atoms with Gasteiger partial charge in [-0.1, -0.05) is 32.9 Å². The number of benzene rings is 1. The van der Waals surface area contributed by atoms with Crippen LogP contribution in [0.4, 0.5) is 0 Å². The summed E-state index contributed by atoms with van der Waals surface area (Å²) in [7, 11) is 0. The van der Waals surface area contributed by atoms with E-state index < -0.39 is 0 Å². The van der Waals surface area contributed by atoms with Gasteiger partial charge in [-0.05, 0) is 42.9 Å². The molecule has 2 atom stereocenters. The summed E-state index contributed by atoms with van der Waals surface area (Å²) in [6.45, 7) is 9.95. The third-order valence-electron chi connectivity index (χ3n) is 4.58. The third-order valence-corrected chi connectivity index (χ3v) is 5.57. The lowest BCUT2D eigenvalue weighted by Gasteiger charge is -2.34. The van der Waals surface area contributed by atoms with Crippen LogP contribution in [0.1, 0.15) is 46.1 Å². The van der Waals surface area contributed by atoms with Crippen LogP contribution >= 0.6 is 11.8 Å². The number of aliphatic hydroxyl groups is 1. The number of nitrogens with zero attached hydrogens (tertiary/aromatic N) is 1. The maximum absolute atomic E-state index is 12.4. The Labute approximate surface area is 144 Å². The fourth-order valence-corrected chi connectivity index (χ4v) is 3.72. The molecule has 1 aliphatic heterocycles. The van der Waals surface area contributed by atoms with Crippen molar-refractivity contribution in [3.8, 4) is 0 Å². The Morgan fingerprint density at radius 3 is 2.57 bits per heavy atom. The summed E-state index contributed by atoms with van der Waals surface area (Å²) in [6, 6.07) is 8.51. The molecule has 0 radical (unpaired) electrons. The lowest BCUT2D eigenvalue weighted by atomic mass is 9.87. The molecule has 0 aromatic heterocycles. The minimum atomic E-state index is -0.330. The molecule has 0 aliphatic carbocycles. The number of rotatable bonds is 4. The molecule has 1 aliphatic rings. The van der Waals surface area contributed by atoms with Gasteiger partial charge in [0, 0.05) is 23.9 Å². The minimum Gasteiger partial charge on any atom is -0.393 e. The van der Waals surface area contributed by atoms with Gasteiger partial charge >= 0.3 is 0 Å². The van der Waals surface area contributed by atoms with Crippen molar-refractivity contribution < 1.29 is 9.90 Å². The summed E-state index contributed by atoms with van der Waals surface area (Å²) in [5.41, 5.74) is 1.46. The van der Waals surface area contributed by atoms with E-state index in [1.54, 1.807) is 11.8 Å². The van der Waals surface area contributed by atoms with E-state index in [2.05, 4.69) is 45.0 Å². The fourth-order valence-electron chi connectivity index (χ4n) is 2.92. The molecule has 0 bridgehead atoms. The van der Waals surface area contributed by atoms with Gasteiger partial charge in [0.1, 0.15) is 0 Å². The van der Waals surface area contributed by atoms with Crippen LogP contribution in [0, 0.1) is 5.92 Å². The molecule has 3 nitrogen and oxygen atoms in total. The Morgan fingerprint density at radius 1 is 1.35 bits per heavy atom. The number of thioether (sulfide) groups is 1. The first-order valence-corrected chi connectivity index (χ1v) is 9.45. The molecule has 0 spiro atoms. The highest BCUT2D eigenvalue weighted by molar-refractivity contribution is 8.00. The first-order valence-electron chi connectivity index (χ1n) is 8.46. The molecule has 2 unspecified atom stereocenters. The summed E-state index contributed by atoms with van der Waals surface area (Å²) in [6.07, 6.45) is 1.68. The lowest BCUT2D eigenvalue weighted by Crippen LogP contribution is -2.43. The maximum Gasteiger partial charge on any atom is 0.232 e. The standard InChI is InChI=1S/C19H29NO2S/c1-14(21)15-6-5-11-20(12-15)18(22)13-23-17-9-7-16(8-10-17)19(2,3)4/h7-10,14-15,21H,5-6,11-13H2,1-4H3. The second-order valence-electron chi connectivity index (χ2n) is 7.55. The zero-order chi connectivity index (χ0) is 17.0. The van der Waals surface area contributed by atoms with E-state index in [9.17, 15) is 9.90 Å². The van der Waals surface area contributed by atoms with E-state index in [1.165, 1.54) is 5.56 Å². The quantitative estimate of drug-likeness (QED) is 0.853. The van der Waals surface area contributed by atoms with E-state index in [0.717, 1.165) is 24.3 Å². The van der Waals surface area contributed by atoms with Gasteiger partial charge in [-0.25, -0.2) is 0 Å². The number of aliphatic hydroxyl groups excluding tert-OH is 1. The Kier molecular flexibility index (Phi) is 6.15. The topological polar surface area (TPSA) is 40.5 Å². The molecule has 23 heavy (non-hydrogen) atoms. The van der Waals surface area contributed by atoms with Crippen molar-refractivity contribution >= 4 is 17.7 Å². The monoisotopic (exact) mass is 335 g/mol. The maximum atomic E-state index is 12.4. The van der Waals surface area contributed by atoms with Crippen LogP contribution in [-0.4, -0.2) is 40.9 Å². The second kappa shape index (κ2) is 7.71. The number of hydrogen-bond donors (Lipinski definition) is 1. The smallest absolute Gasteiger partial charge is 0.232 e. The first-order chi connectivity index (χ1) is 10.8. The summed E-state index contributed by atoms with van der Waals surface area (Å²) >= 11 is 1.60. The van der Waals surface area contributed by atoms with Crippen LogP contribution in [0.5, 0.6) is 0 Å². The Bertz CT molecular complexity index is 519. The minimum absolute atomic E-state index is 0.156. The summed E-state index contributed by atoms with van der Waals surface area (Å²) in [5, 5.41) is 9.73. The average Bonchev–Trinajstić information content (AvgIpc) is 2.52. The van der Waals surface area contributed by atoms with Crippen LogP contribution in [-0.2, 0) is 10.2 Å². The SMILES string of the molecule is CC(O)C1CCCN(C(=O)CSc2ccc(C(C)(C)C)cc2)C1. The zero-order valence-electron chi connectivity index (χ0n) is 14.7. The van der Waals surface area contributed by atoms with Crippen molar-refractivity contribution in [2.75, 3.05) is 18.8 Å². The van der Waals surface area contributed by atoms with Crippen molar-refractivity contribution in [2.24, 2.45) is 5.92 Å². The zero-order valence-corrected chi connectivity index (χ0v) is 15.5. The van der Waals surface area contributed by atoms with Gasteiger partial charge in [0.25, 0.3) is 0 Å². The number of carbonyl (C=O) groups excluding carboxylic acids is 1. The van der Waals surface area contributed by atoms with E-state index in [1.807, 2.05) is 11.8 Å². The largest absolute Gasteiger partial charge is 0.393 e. The highest BCUT2D eigenvalue weighted by atomic mass is 32.2. The van der Waals surface area contributed by atoms with Crippen LogP contribution in [0.15, 0.2) is 29.2 Å². The molecule has 1 N–H and O–H groups in total. The van der Waals surface area contributed by atoms with Crippen LogP contribution in [0.25, 0.3) is 0 Å². The van der Waals surface area contributed by atoms with E-state index in [4.69, 9.17) is 0 Å². The fraction of sp³-hybridized carbons (Fsp3) is 0.632. The van der Waals surface area contributed by atoms with Crippen LogP contribution in [0.3, 0.4) is 0 Å². The molecule has 1 saturated heterocycles. The molecular weight excluding hydrogens is 306 g/mol. The Hall–Kier alpha value is -1.00. The molecule has 1 amide bonds. The predicted octanol–water partition coefficient (Wildman–Crippen LogP) is 3.70. The summed E-state index contributed by atoms with van der Waals surface area (Å²) in [5.74, 6) is 0.880. The van der Waals surface area contributed by atoms with Crippen molar-refractivity contribution in [2.45, 2.75) is 57.0 Å². The number of likely N-dealkylation sites (tertiary alicyclic amines) is 1. The van der Waals surface area contributed by atoms with Crippen molar-refractivity contribution in [1.29, 1.82) is 0 Å². The lowest BCUT2D eigenvalue weighted by molar-refractivity contribution is -0.130. The molecular formula is C19H29NO2S. The molecule has 1 fully saturated rings. The van der Waals surface area contributed by atoms with E-state index in [0.29, 0.717) is 12.3 Å². The highest BCUT2D eigenvalue weighted by Gasteiger charge is 2.26. The molecule has 1 aromatic rings. The summed E-state index contributed by atoms with van der Waals surface area (Å²) < 4.78 is 0. The average molecular weight is 336 g/mol. The van der Waals surface area contributed by atoms with Crippen LogP contribution < -0.4 is 0 Å². The Morgan fingerprint density at radius 2 is 2.00 bits per heavy atom. The first kappa shape index (κ1) is 18.3. The normalized spacial score (nSPS) is 20.4. The van der Waals surface area contributed by atoms with E-state index >= 15 is 0 Å². The molecule has 0 saturated carbocycles. The van der Waals surface area contributed by atoms with Gasteiger partial charge in [-0.15, -0.1) is 11.8 Å². The highest BCUT2D eigenvalue weighted by Crippen LogP contribution is 2.26. The second-order valence-corrected chi connectivity index (χ2v) is 8.59. The van der Waals surface area contributed by atoms with Gasteiger partial charge in [0.05, 0.1) is 11.9 Å². The van der Waals surface area contributed by atoms with Gasteiger partial charge in [0.15, 0.2) is 0 Å².